The maximum Gasteiger partial charge on any atom is 0.0865 e. The highest BCUT2D eigenvalue weighted by Crippen LogP contribution is 2.47. The first-order valence-corrected chi connectivity index (χ1v) is 7.42. The summed E-state index contributed by atoms with van der Waals surface area (Å²) in [5, 5.41) is 3.62. The minimum atomic E-state index is -0.00537. The molecule has 2 aliphatic rings. The van der Waals surface area contributed by atoms with Crippen molar-refractivity contribution < 1.29 is 9.47 Å². The van der Waals surface area contributed by atoms with E-state index in [4.69, 9.17) is 9.47 Å². The first-order valence-electron chi connectivity index (χ1n) is 7.42. The van der Waals surface area contributed by atoms with Crippen molar-refractivity contribution in [3.63, 3.8) is 0 Å². The quantitative estimate of drug-likeness (QED) is 0.841. The molecule has 2 rings (SSSR count). The zero-order chi connectivity index (χ0) is 13.2. The molecular weight excluding hydrogens is 226 g/mol. The normalized spacial score (nSPS) is 40.0. The Kier molecular flexibility index (Phi) is 4.35. The van der Waals surface area contributed by atoms with Crippen LogP contribution in [-0.2, 0) is 9.47 Å². The summed E-state index contributed by atoms with van der Waals surface area (Å²) in [5.74, 6) is 0.734. The van der Waals surface area contributed by atoms with Crippen LogP contribution < -0.4 is 5.32 Å². The first kappa shape index (κ1) is 14.3. The minimum absolute atomic E-state index is 0.00537. The van der Waals surface area contributed by atoms with Gasteiger partial charge in [0.25, 0.3) is 0 Å². The predicted molar refractivity (Wildman–Crippen MR) is 73.8 cm³/mol. The Morgan fingerprint density at radius 3 is 2.78 bits per heavy atom. The van der Waals surface area contributed by atoms with Crippen LogP contribution in [0.15, 0.2) is 0 Å². The van der Waals surface area contributed by atoms with Crippen molar-refractivity contribution in [2.45, 2.75) is 58.6 Å². The van der Waals surface area contributed by atoms with Gasteiger partial charge in [-0.3, -0.25) is 0 Å². The second kappa shape index (κ2) is 5.48. The van der Waals surface area contributed by atoms with E-state index in [0.29, 0.717) is 11.5 Å². The molecule has 1 aliphatic heterocycles. The number of rotatable bonds is 3. The molecule has 0 aromatic rings. The molecule has 1 saturated heterocycles. The van der Waals surface area contributed by atoms with Gasteiger partial charge in [0, 0.05) is 13.2 Å². The standard InChI is InChI=1S/C15H29NO2/c1-5-17-10-13-15(18-7-6-16-13)9-12(2)8-14(3,4)11-15/h12-13,16H,5-11H2,1-4H3. The van der Waals surface area contributed by atoms with E-state index in [1.54, 1.807) is 0 Å². The Morgan fingerprint density at radius 1 is 1.33 bits per heavy atom. The molecule has 0 bridgehead atoms. The fourth-order valence-corrected chi connectivity index (χ4v) is 4.16. The van der Waals surface area contributed by atoms with Crippen LogP contribution in [0.3, 0.4) is 0 Å². The predicted octanol–water partition coefficient (Wildman–Crippen LogP) is 2.60. The van der Waals surface area contributed by atoms with Gasteiger partial charge in [-0.05, 0) is 37.5 Å². The molecule has 1 N–H and O–H groups in total. The topological polar surface area (TPSA) is 30.5 Å². The van der Waals surface area contributed by atoms with E-state index in [2.05, 4.69) is 33.0 Å². The van der Waals surface area contributed by atoms with Crippen LogP contribution in [0.4, 0.5) is 0 Å². The highest BCUT2D eigenvalue weighted by molar-refractivity contribution is 5.03. The number of nitrogens with one attached hydrogen (secondary N) is 1. The van der Waals surface area contributed by atoms with E-state index in [-0.39, 0.29) is 5.60 Å². The number of morpholine rings is 1. The van der Waals surface area contributed by atoms with Crippen molar-refractivity contribution in [3.8, 4) is 0 Å². The lowest BCUT2D eigenvalue weighted by molar-refractivity contribution is -0.161. The molecule has 0 aromatic carbocycles. The highest BCUT2D eigenvalue weighted by Gasteiger charge is 2.49. The van der Waals surface area contributed by atoms with Crippen molar-refractivity contribution in [1.29, 1.82) is 0 Å². The van der Waals surface area contributed by atoms with Gasteiger partial charge in [0.15, 0.2) is 0 Å². The summed E-state index contributed by atoms with van der Waals surface area (Å²) < 4.78 is 11.9. The fraction of sp³-hybridized carbons (Fsp3) is 1.00. The third-order valence-electron chi connectivity index (χ3n) is 4.38. The van der Waals surface area contributed by atoms with Crippen LogP contribution in [0.1, 0.15) is 47.0 Å². The second-order valence-electron chi connectivity index (χ2n) is 6.93. The summed E-state index contributed by atoms with van der Waals surface area (Å²) in [5.41, 5.74) is 0.371. The molecule has 18 heavy (non-hydrogen) atoms. The number of hydrogen-bond acceptors (Lipinski definition) is 3. The Labute approximate surface area is 112 Å². The Balaban J connectivity index is 2.13. The maximum atomic E-state index is 6.28. The zero-order valence-electron chi connectivity index (χ0n) is 12.4. The van der Waals surface area contributed by atoms with Gasteiger partial charge >= 0.3 is 0 Å². The lowest BCUT2D eigenvalue weighted by Crippen LogP contribution is -2.63. The molecule has 1 spiro atoms. The molecule has 0 amide bonds. The van der Waals surface area contributed by atoms with Crippen LogP contribution in [0.25, 0.3) is 0 Å². The molecule has 0 aromatic heterocycles. The summed E-state index contributed by atoms with van der Waals surface area (Å²) in [6, 6.07) is 0.355. The minimum Gasteiger partial charge on any atom is -0.380 e. The van der Waals surface area contributed by atoms with Gasteiger partial charge in [0.1, 0.15) is 0 Å². The monoisotopic (exact) mass is 255 g/mol. The van der Waals surface area contributed by atoms with Gasteiger partial charge in [-0.15, -0.1) is 0 Å². The lowest BCUT2D eigenvalue weighted by atomic mass is 9.63. The van der Waals surface area contributed by atoms with Crippen molar-refractivity contribution in [2.24, 2.45) is 11.3 Å². The van der Waals surface area contributed by atoms with Crippen molar-refractivity contribution in [3.05, 3.63) is 0 Å². The van der Waals surface area contributed by atoms with E-state index in [0.717, 1.165) is 38.7 Å². The SMILES string of the molecule is CCOCC1NCCOC12CC(C)CC(C)(C)C2. The van der Waals surface area contributed by atoms with Crippen LogP contribution in [0, 0.1) is 11.3 Å². The average molecular weight is 255 g/mol. The second-order valence-corrected chi connectivity index (χ2v) is 6.93. The molecule has 3 nitrogen and oxygen atoms in total. The van der Waals surface area contributed by atoms with Crippen LogP contribution in [-0.4, -0.2) is 38.0 Å². The lowest BCUT2D eigenvalue weighted by Gasteiger charge is -2.53. The molecule has 1 saturated carbocycles. The van der Waals surface area contributed by atoms with E-state index >= 15 is 0 Å². The van der Waals surface area contributed by atoms with Gasteiger partial charge in [0.05, 0.1) is 24.9 Å². The van der Waals surface area contributed by atoms with Crippen molar-refractivity contribution >= 4 is 0 Å². The molecule has 3 heteroatoms. The van der Waals surface area contributed by atoms with Gasteiger partial charge in [0.2, 0.25) is 0 Å². The largest absolute Gasteiger partial charge is 0.380 e. The molecule has 3 atom stereocenters. The van der Waals surface area contributed by atoms with Gasteiger partial charge in [-0.1, -0.05) is 20.8 Å². The van der Waals surface area contributed by atoms with E-state index < -0.39 is 0 Å². The third-order valence-corrected chi connectivity index (χ3v) is 4.38. The summed E-state index contributed by atoms with van der Waals surface area (Å²) in [7, 11) is 0. The molecule has 1 heterocycles. The van der Waals surface area contributed by atoms with E-state index in [9.17, 15) is 0 Å². The van der Waals surface area contributed by atoms with E-state index in [1.807, 2.05) is 0 Å². The zero-order valence-corrected chi connectivity index (χ0v) is 12.4. The van der Waals surface area contributed by atoms with Gasteiger partial charge in [-0.25, -0.2) is 0 Å². The Hall–Kier alpha value is -0.120. The Bertz CT molecular complexity index is 280. The summed E-state index contributed by atoms with van der Waals surface area (Å²) in [4.78, 5) is 0. The molecular formula is C15H29NO2. The summed E-state index contributed by atoms with van der Waals surface area (Å²) in [6.07, 6.45) is 3.62. The van der Waals surface area contributed by atoms with Crippen LogP contribution in [0.2, 0.25) is 0 Å². The van der Waals surface area contributed by atoms with E-state index in [1.165, 1.54) is 12.8 Å². The van der Waals surface area contributed by atoms with Crippen LogP contribution in [0.5, 0.6) is 0 Å². The Morgan fingerprint density at radius 2 is 2.11 bits per heavy atom. The summed E-state index contributed by atoms with van der Waals surface area (Å²) in [6.45, 7) is 12.5. The number of hydrogen-bond donors (Lipinski definition) is 1. The highest BCUT2D eigenvalue weighted by atomic mass is 16.5. The maximum absolute atomic E-state index is 6.28. The molecule has 106 valence electrons. The molecule has 1 aliphatic carbocycles. The number of ether oxygens (including phenoxy) is 2. The molecule has 0 radical (unpaired) electrons. The fourth-order valence-electron chi connectivity index (χ4n) is 4.16. The average Bonchev–Trinajstić information content (AvgIpc) is 2.25. The van der Waals surface area contributed by atoms with Crippen molar-refractivity contribution in [2.75, 3.05) is 26.4 Å². The first-order chi connectivity index (χ1) is 8.47. The smallest absolute Gasteiger partial charge is 0.0865 e. The summed E-state index contributed by atoms with van der Waals surface area (Å²) >= 11 is 0. The molecule has 3 unspecified atom stereocenters. The van der Waals surface area contributed by atoms with Gasteiger partial charge < -0.3 is 14.8 Å². The third kappa shape index (κ3) is 3.06. The molecule has 2 fully saturated rings. The van der Waals surface area contributed by atoms with Gasteiger partial charge in [-0.2, -0.15) is 0 Å². The van der Waals surface area contributed by atoms with Crippen LogP contribution >= 0.6 is 0 Å². The van der Waals surface area contributed by atoms with Crippen molar-refractivity contribution in [1.82, 2.24) is 5.32 Å².